The van der Waals surface area contributed by atoms with Crippen LogP contribution in [0.3, 0.4) is 0 Å². The largest absolute Gasteiger partial charge is 0.393 e. The molecule has 15 heavy (non-hydrogen) atoms. The zero-order chi connectivity index (χ0) is 10.7. The van der Waals surface area contributed by atoms with Crippen molar-refractivity contribution in [3.63, 3.8) is 0 Å². The molecular weight excluding hydrogens is 190 g/mol. The molecule has 78 valence electrons. The Morgan fingerprint density at radius 2 is 2.07 bits per heavy atom. The van der Waals surface area contributed by atoms with Crippen molar-refractivity contribution in [2.45, 2.75) is 19.4 Å². The first-order valence-electron chi connectivity index (χ1n) is 4.90. The maximum atomic E-state index is 9.33. The van der Waals surface area contributed by atoms with Gasteiger partial charge in [0.2, 0.25) is 0 Å². The van der Waals surface area contributed by atoms with Crippen LogP contribution in [0.1, 0.15) is 12.6 Å². The lowest BCUT2D eigenvalue weighted by Gasteiger charge is -2.06. The van der Waals surface area contributed by atoms with E-state index in [-0.39, 0.29) is 6.10 Å². The lowest BCUT2D eigenvalue weighted by atomic mass is 10.2. The van der Waals surface area contributed by atoms with Crippen LogP contribution < -0.4 is 0 Å². The van der Waals surface area contributed by atoms with Crippen LogP contribution in [0.5, 0.6) is 0 Å². The lowest BCUT2D eigenvalue weighted by molar-refractivity contribution is 0.193. The van der Waals surface area contributed by atoms with Gasteiger partial charge in [-0.15, -0.1) is 5.10 Å². The van der Waals surface area contributed by atoms with Crippen molar-refractivity contribution < 1.29 is 5.11 Å². The van der Waals surface area contributed by atoms with Crippen molar-refractivity contribution in [3.05, 3.63) is 42.2 Å². The molecule has 0 aliphatic heterocycles. The van der Waals surface area contributed by atoms with Gasteiger partial charge < -0.3 is 5.11 Å². The van der Waals surface area contributed by atoms with Gasteiger partial charge in [0.25, 0.3) is 0 Å². The number of aromatic nitrogens is 3. The predicted octanol–water partition coefficient (Wildman–Crippen LogP) is 1.19. The third kappa shape index (κ3) is 2.22. The van der Waals surface area contributed by atoms with E-state index in [0.29, 0.717) is 6.42 Å². The Balaban J connectivity index is 2.33. The Kier molecular flexibility index (Phi) is 2.78. The Morgan fingerprint density at radius 3 is 2.73 bits per heavy atom. The van der Waals surface area contributed by atoms with E-state index in [1.165, 1.54) is 0 Å². The molecule has 0 aliphatic carbocycles. The number of para-hydroxylation sites is 1. The quantitative estimate of drug-likeness (QED) is 0.815. The average molecular weight is 203 g/mol. The topological polar surface area (TPSA) is 50.9 Å². The molecule has 1 aromatic heterocycles. The molecule has 0 fully saturated rings. The SMILES string of the molecule is CC(O)Cc1cnnn1-c1ccccc1. The van der Waals surface area contributed by atoms with E-state index < -0.39 is 0 Å². The highest BCUT2D eigenvalue weighted by Gasteiger charge is 2.07. The Bertz CT molecular complexity index is 422. The molecule has 1 heterocycles. The fourth-order valence-electron chi connectivity index (χ4n) is 1.48. The highest BCUT2D eigenvalue weighted by Crippen LogP contribution is 2.10. The van der Waals surface area contributed by atoms with Crippen molar-refractivity contribution in [2.24, 2.45) is 0 Å². The molecule has 2 rings (SSSR count). The highest BCUT2D eigenvalue weighted by atomic mass is 16.3. The molecule has 0 saturated carbocycles. The van der Waals surface area contributed by atoms with E-state index in [9.17, 15) is 5.11 Å². The fourth-order valence-corrected chi connectivity index (χ4v) is 1.48. The second kappa shape index (κ2) is 4.23. The summed E-state index contributed by atoms with van der Waals surface area (Å²) in [6.07, 6.45) is 1.85. The van der Waals surface area contributed by atoms with E-state index in [2.05, 4.69) is 10.3 Å². The first kappa shape index (κ1) is 9.86. The van der Waals surface area contributed by atoms with Gasteiger partial charge >= 0.3 is 0 Å². The minimum atomic E-state index is -0.383. The second-order valence-corrected chi connectivity index (χ2v) is 3.53. The van der Waals surface area contributed by atoms with Crippen LogP contribution in [0, 0.1) is 0 Å². The maximum Gasteiger partial charge on any atom is 0.0730 e. The zero-order valence-electron chi connectivity index (χ0n) is 8.54. The van der Waals surface area contributed by atoms with Crippen molar-refractivity contribution in [3.8, 4) is 5.69 Å². The van der Waals surface area contributed by atoms with Crippen molar-refractivity contribution in [1.82, 2.24) is 15.0 Å². The van der Waals surface area contributed by atoms with E-state index in [1.54, 1.807) is 17.8 Å². The summed E-state index contributed by atoms with van der Waals surface area (Å²) in [5.41, 5.74) is 1.88. The van der Waals surface area contributed by atoms with Crippen LogP contribution in [0.25, 0.3) is 5.69 Å². The molecule has 4 heteroatoms. The summed E-state index contributed by atoms with van der Waals surface area (Å²) in [7, 11) is 0. The Morgan fingerprint density at radius 1 is 1.33 bits per heavy atom. The smallest absolute Gasteiger partial charge is 0.0730 e. The predicted molar refractivity (Wildman–Crippen MR) is 56.7 cm³/mol. The molecule has 0 spiro atoms. The van der Waals surface area contributed by atoms with E-state index >= 15 is 0 Å². The molecule has 1 aromatic carbocycles. The summed E-state index contributed by atoms with van der Waals surface area (Å²) >= 11 is 0. The summed E-state index contributed by atoms with van der Waals surface area (Å²) in [5.74, 6) is 0. The summed E-state index contributed by atoms with van der Waals surface area (Å²) in [4.78, 5) is 0. The molecule has 1 unspecified atom stereocenters. The van der Waals surface area contributed by atoms with Crippen LogP contribution in [0.4, 0.5) is 0 Å². The second-order valence-electron chi connectivity index (χ2n) is 3.53. The Hall–Kier alpha value is -1.68. The summed E-state index contributed by atoms with van der Waals surface area (Å²) in [5, 5.41) is 17.2. The molecular formula is C11H13N3O. The van der Waals surface area contributed by atoms with Gasteiger partial charge in [0.1, 0.15) is 0 Å². The fraction of sp³-hybridized carbons (Fsp3) is 0.273. The molecule has 1 N–H and O–H groups in total. The summed E-state index contributed by atoms with van der Waals surface area (Å²) in [6, 6.07) is 9.77. The monoisotopic (exact) mass is 203 g/mol. The first-order valence-corrected chi connectivity index (χ1v) is 4.90. The van der Waals surface area contributed by atoms with E-state index in [4.69, 9.17) is 0 Å². The highest BCUT2D eigenvalue weighted by molar-refractivity contribution is 5.31. The zero-order valence-corrected chi connectivity index (χ0v) is 8.54. The molecule has 4 nitrogen and oxygen atoms in total. The third-order valence-electron chi connectivity index (χ3n) is 2.13. The van der Waals surface area contributed by atoms with Gasteiger partial charge in [-0.25, -0.2) is 4.68 Å². The lowest BCUT2D eigenvalue weighted by Crippen LogP contribution is -2.10. The molecule has 1 atom stereocenters. The van der Waals surface area contributed by atoms with Gasteiger partial charge in [-0.2, -0.15) is 0 Å². The number of aliphatic hydroxyl groups is 1. The van der Waals surface area contributed by atoms with Gasteiger partial charge in [0.05, 0.1) is 23.7 Å². The number of benzene rings is 1. The van der Waals surface area contributed by atoms with Gasteiger partial charge in [-0.1, -0.05) is 23.4 Å². The van der Waals surface area contributed by atoms with Crippen LogP contribution >= 0.6 is 0 Å². The van der Waals surface area contributed by atoms with Crippen LogP contribution in [0.2, 0.25) is 0 Å². The normalized spacial score (nSPS) is 12.7. The van der Waals surface area contributed by atoms with Gasteiger partial charge in [-0.3, -0.25) is 0 Å². The summed E-state index contributed by atoms with van der Waals surface area (Å²) < 4.78 is 1.74. The molecule has 0 bridgehead atoms. The number of nitrogens with zero attached hydrogens (tertiary/aromatic N) is 3. The van der Waals surface area contributed by atoms with Crippen LogP contribution in [-0.4, -0.2) is 26.2 Å². The van der Waals surface area contributed by atoms with Gasteiger partial charge in [0, 0.05) is 6.42 Å². The minimum absolute atomic E-state index is 0.383. The molecule has 0 aliphatic rings. The standard InChI is InChI=1S/C11H13N3O/c1-9(15)7-11-8-12-13-14(11)10-5-3-2-4-6-10/h2-6,8-9,15H,7H2,1H3. The third-order valence-corrected chi connectivity index (χ3v) is 2.13. The molecule has 0 amide bonds. The molecule has 0 saturated heterocycles. The number of hydrogen-bond acceptors (Lipinski definition) is 3. The van der Waals surface area contributed by atoms with Crippen molar-refractivity contribution in [2.75, 3.05) is 0 Å². The Labute approximate surface area is 88.2 Å². The van der Waals surface area contributed by atoms with Gasteiger partial charge in [0.15, 0.2) is 0 Å². The number of rotatable bonds is 3. The first-order chi connectivity index (χ1) is 7.27. The molecule has 2 aromatic rings. The number of aliphatic hydroxyl groups excluding tert-OH is 1. The van der Waals surface area contributed by atoms with Crippen molar-refractivity contribution in [1.29, 1.82) is 0 Å². The van der Waals surface area contributed by atoms with E-state index in [0.717, 1.165) is 11.4 Å². The van der Waals surface area contributed by atoms with Gasteiger partial charge in [-0.05, 0) is 19.1 Å². The van der Waals surface area contributed by atoms with Crippen molar-refractivity contribution >= 4 is 0 Å². The maximum absolute atomic E-state index is 9.33. The van der Waals surface area contributed by atoms with Crippen LogP contribution in [-0.2, 0) is 6.42 Å². The number of hydrogen-bond donors (Lipinski definition) is 1. The molecule has 0 radical (unpaired) electrons. The minimum Gasteiger partial charge on any atom is -0.393 e. The van der Waals surface area contributed by atoms with Crippen LogP contribution in [0.15, 0.2) is 36.5 Å². The summed E-state index contributed by atoms with van der Waals surface area (Å²) in [6.45, 7) is 1.75. The average Bonchev–Trinajstić information content (AvgIpc) is 2.66. The van der Waals surface area contributed by atoms with E-state index in [1.807, 2.05) is 30.3 Å².